The van der Waals surface area contributed by atoms with E-state index in [4.69, 9.17) is 11.8 Å². The Morgan fingerprint density at radius 2 is 1.57 bits per heavy atom. The molecule has 0 spiro atoms. The van der Waals surface area contributed by atoms with Crippen molar-refractivity contribution in [1.29, 1.82) is 0 Å². The van der Waals surface area contributed by atoms with Crippen molar-refractivity contribution >= 4 is 11.8 Å². The Balaban J connectivity index is 0. The maximum atomic E-state index is 5.48. The van der Waals surface area contributed by atoms with Crippen molar-refractivity contribution in [3.8, 4) is 0 Å². The van der Waals surface area contributed by atoms with Crippen molar-refractivity contribution in [3.63, 3.8) is 0 Å². The molecule has 3 heteroatoms. The van der Waals surface area contributed by atoms with Crippen LogP contribution in [0.15, 0.2) is 0 Å². The molecule has 0 aromatic heterocycles. The van der Waals surface area contributed by atoms with Crippen LogP contribution in [0.3, 0.4) is 0 Å². The van der Waals surface area contributed by atoms with Crippen LogP contribution in [0, 0.1) is 0 Å². The average Bonchev–Trinajstić information content (AvgIpc) is 1.65. The number of halogens is 1. The third-order valence-electron chi connectivity index (χ3n) is 0.686. The smallest absolute Gasteiger partial charge is 0.0110 e. The minimum atomic E-state index is 0. The first-order valence-electron chi connectivity index (χ1n) is 2.22. The van der Waals surface area contributed by atoms with Crippen LogP contribution in [-0.2, 0) is 21.1 Å². The van der Waals surface area contributed by atoms with Crippen molar-refractivity contribution in [2.75, 3.05) is 13.1 Å². The first kappa shape index (κ1) is 10.8. The minimum absolute atomic E-state index is 0. The van der Waals surface area contributed by atoms with Gasteiger partial charge in [-0.15, -0.1) is 0 Å². The van der Waals surface area contributed by atoms with Crippen LogP contribution in [0.1, 0.15) is 13.8 Å². The summed E-state index contributed by atoms with van der Waals surface area (Å²) in [6, 6.07) is 0. The van der Waals surface area contributed by atoms with E-state index in [0.717, 1.165) is 13.1 Å². The fourth-order valence-corrected chi connectivity index (χ4v) is 0.224. The zero-order chi connectivity index (χ0) is 4.99. The van der Waals surface area contributed by atoms with E-state index in [1.165, 1.54) is 0 Å². The quantitative estimate of drug-likeness (QED) is 0.699. The van der Waals surface area contributed by atoms with E-state index in [2.05, 4.69) is 0 Å². The summed E-state index contributed by atoms with van der Waals surface area (Å²) in [6.45, 7) is 5.91. The molecule has 0 aliphatic rings. The molecule has 0 aliphatic heterocycles. The summed E-state index contributed by atoms with van der Waals surface area (Å²) in [5.41, 5.74) is 0. The Morgan fingerprint density at radius 3 is 1.57 bits per heavy atom. The predicted molar refractivity (Wildman–Crippen MR) is 28.8 cm³/mol. The first-order valence-corrected chi connectivity index (χ1v) is 2.55. The molecule has 0 amide bonds. The molecule has 7 heavy (non-hydrogen) atoms. The molecular weight excluding hydrogens is 293 g/mol. The van der Waals surface area contributed by atoms with E-state index in [1.54, 1.807) is 4.42 Å². The summed E-state index contributed by atoms with van der Waals surface area (Å²) in [6.07, 6.45) is 0. The van der Waals surface area contributed by atoms with Gasteiger partial charge < -0.3 is 0 Å². The maximum Gasteiger partial charge on any atom is 0.0110 e. The van der Waals surface area contributed by atoms with Crippen LogP contribution in [0.5, 0.6) is 0 Å². The molecule has 0 saturated carbocycles. The molecule has 0 fully saturated rings. The van der Waals surface area contributed by atoms with Crippen LogP contribution in [0.25, 0.3) is 0 Å². The molecular formula is C4H10ClNPt. The van der Waals surface area contributed by atoms with E-state index >= 15 is 0 Å². The second kappa shape index (κ2) is 6.94. The second-order valence-corrected chi connectivity index (χ2v) is 1.57. The summed E-state index contributed by atoms with van der Waals surface area (Å²) >= 11 is 5.48. The molecule has 0 aromatic carbocycles. The SMILES string of the molecule is CCN(Cl)CC.[Pt]. The second-order valence-electron chi connectivity index (χ2n) is 1.10. The topological polar surface area (TPSA) is 3.24 Å². The van der Waals surface area contributed by atoms with Crippen molar-refractivity contribution in [3.05, 3.63) is 0 Å². The normalized spacial score (nSPS) is 8.57. The van der Waals surface area contributed by atoms with Crippen LogP contribution in [0.2, 0.25) is 0 Å². The van der Waals surface area contributed by atoms with Crippen molar-refractivity contribution in [1.82, 2.24) is 4.42 Å². The molecule has 0 N–H and O–H groups in total. The largest absolute Gasteiger partial charge is 0.221 e. The van der Waals surface area contributed by atoms with Gasteiger partial charge in [0.15, 0.2) is 0 Å². The van der Waals surface area contributed by atoms with Gasteiger partial charge in [0.2, 0.25) is 0 Å². The summed E-state index contributed by atoms with van der Waals surface area (Å²) in [7, 11) is 0. The van der Waals surface area contributed by atoms with Gasteiger partial charge in [0, 0.05) is 34.2 Å². The van der Waals surface area contributed by atoms with E-state index in [9.17, 15) is 0 Å². The van der Waals surface area contributed by atoms with Crippen molar-refractivity contribution in [2.45, 2.75) is 13.8 Å². The van der Waals surface area contributed by atoms with E-state index in [-0.39, 0.29) is 21.1 Å². The molecule has 0 aromatic rings. The van der Waals surface area contributed by atoms with Gasteiger partial charge in [-0.25, -0.2) is 4.42 Å². The van der Waals surface area contributed by atoms with Crippen molar-refractivity contribution < 1.29 is 21.1 Å². The van der Waals surface area contributed by atoms with Gasteiger partial charge in [-0.3, -0.25) is 0 Å². The van der Waals surface area contributed by atoms with E-state index < -0.39 is 0 Å². The number of hydrogen-bond acceptors (Lipinski definition) is 1. The maximum absolute atomic E-state index is 5.48. The van der Waals surface area contributed by atoms with Crippen LogP contribution < -0.4 is 0 Å². The van der Waals surface area contributed by atoms with E-state index in [0.29, 0.717) is 0 Å². The minimum Gasteiger partial charge on any atom is -0.221 e. The average molecular weight is 303 g/mol. The molecule has 48 valence electrons. The van der Waals surface area contributed by atoms with Crippen LogP contribution in [0.4, 0.5) is 0 Å². The van der Waals surface area contributed by atoms with Gasteiger partial charge in [0.05, 0.1) is 0 Å². The Labute approximate surface area is 64.4 Å². The van der Waals surface area contributed by atoms with Gasteiger partial charge in [0.1, 0.15) is 0 Å². The molecule has 0 atom stereocenters. The predicted octanol–water partition coefficient (Wildman–Crippen LogP) is 1.48. The van der Waals surface area contributed by atoms with Gasteiger partial charge in [0.25, 0.3) is 0 Å². The summed E-state index contributed by atoms with van der Waals surface area (Å²) < 4.78 is 1.72. The van der Waals surface area contributed by atoms with E-state index in [1.807, 2.05) is 13.8 Å². The molecule has 0 saturated heterocycles. The molecule has 1 nitrogen and oxygen atoms in total. The van der Waals surface area contributed by atoms with Crippen molar-refractivity contribution in [2.24, 2.45) is 0 Å². The van der Waals surface area contributed by atoms with Gasteiger partial charge in [-0.2, -0.15) is 0 Å². The molecule has 0 bridgehead atoms. The standard InChI is InChI=1S/C4H10ClN.Pt/c1-3-6(5)4-2;/h3-4H2,1-2H3;. The third-order valence-corrected chi connectivity index (χ3v) is 1.16. The molecule has 0 aliphatic carbocycles. The molecule has 0 radical (unpaired) electrons. The van der Waals surface area contributed by atoms with Gasteiger partial charge in [-0.1, -0.05) is 13.8 Å². The molecule has 0 heterocycles. The Kier molecular flexibility index (Phi) is 10.7. The number of nitrogens with zero attached hydrogens (tertiary/aromatic N) is 1. The fraction of sp³-hybridized carbons (Fsp3) is 1.00. The van der Waals surface area contributed by atoms with Gasteiger partial charge in [-0.05, 0) is 11.8 Å². The number of hydrogen-bond donors (Lipinski definition) is 0. The Hall–Kier alpha value is 0.938. The zero-order valence-corrected chi connectivity index (χ0v) is 7.58. The molecule has 0 unspecified atom stereocenters. The zero-order valence-electron chi connectivity index (χ0n) is 4.56. The third kappa shape index (κ3) is 6.94. The van der Waals surface area contributed by atoms with Crippen LogP contribution in [-0.4, -0.2) is 17.5 Å². The summed E-state index contributed by atoms with van der Waals surface area (Å²) in [4.78, 5) is 0. The summed E-state index contributed by atoms with van der Waals surface area (Å²) in [5.74, 6) is 0. The first-order chi connectivity index (χ1) is 2.81. The molecule has 0 rings (SSSR count). The summed E-state index contributed by atoms with van der Waals surface area (Å²) in [5, 5.41) is 0. The monoisotopic (exact) mass is 302 g/mol. The fourth-order valence-electron chi connectivity index (χ4n) is 0.224. The van der Waals surface area contributed by atoms with Gasteiger partial charge >= 0.3 is 0 Å². The number of rotatable bonds is 2. The van der Waals surface area contributed by atoms with Crippen LogP contribution >= 0.6 is 11.8 Å². The Bertz CT molecular complexity index is 30.9. The Morgan fingerprint density at radius 1 is 1.29 bits per heavy atom.